The molecule has 4 heteroatoms. The Kier molecular flexibility index (Phi) is 4.61. The van der Waals surface area contributed by atoms with Gasteiger partial charge in [0.2, 0.25) is 0 Å². The lowest BCUT2D eigenvalue weighted by Crippen LogP contribution is -2.57. The van der Waals surface area contributed by atoms with Gasteiger partial charge in [-0.2, -0.15) is 0 Å². The van der Waals surface area contributed by atoms with Crippen molar-refractivity contribution < 1.29 is 14.6 Å². The van der Waals surface area contributed by atoms with Crippen LogP contribution in [0.5, 0.6) is 5.75 Å². The third kappa shape index (κ3) is 4.43. The summed E-state index contributed by atoms with van der Waals surface area (Å²) in [6, 6.07) is 7.62. The van der Waals surface area contributed by atoms with Gasteiger partial charge < -0.3 is 14.6 Å². The van der Waals surface area contributed by atoms with Crippen molar-refractivity contribution in [1.82, 2.24) is 4.90 Å². The fraction of sp³-hybridized carbons (Fsp3) is 0.647. The molecule has 1 aromatic rings. The van der Waals surface area contributed by atoms with E-state index in [4.69, 9.17) is 9.47 Å². The van der Waals surface area contributed by atoms with Crippen LogP contribution < -0.4 is 4.74 Å². The molecule has 1 N–H and O–H groups in total. The number of morpholine rings is 1. The molecule has 0 aromatic heterocycles. The second kappa shape index (κ2) is 5.95. The van der Waals surface area contributed by atoms with Gasteiger partial charge >= 0.3 is 0 Å². The number of ether oxygens (including phenoxy) is 2. The lowest BCUT2D eigenvalue weighted by atomic mass is 9.98. The van der Waals surface area contributed by atoms with Crippen LogP contribution in [0.1, 0.15) is 39.4 Å². The highest BCUT2D eigenvalue weighted by atomic mass is 16.5. The fourth-order valence-corrected chi connectivity index (χ4v) is 3.27. The summed E-state index contributed by atoms with van der Waals surface area (Å²) < 4.78 is 11.3. The molecule has 4 nitrogen and oxygen atoms in total. The molecule has 0 spiro atoms. The summed E-state index contributed by atoms with van der Waals surface area (Å²) in [7, 11) is 1.64. The highest BCUT2D eigenvalue weighted by molar-refractivity contribution is 5.30. The highest BCUT2D eigenvalue weighted by Gasteiger charge is 2.38. The Morgan fingerprint density at radius 3 is 2.43 bits per heavy atom. The van der Waals surface area contributed by atoms with E-state index in [-0.39, 0.29) is 11.2 Å². The molecule has 1 unspecified atom stereocenters. The normalized spacial score (nSPS) is 22.8. The smallest absolute Gasteiger partial charge is 0.119 e. The number of hydrogen-bond acceptors (Lipinski definition) is 4. The van der Waals surface area contributed by atoms with Crippen molar-refractivity contribution in [2.45, 2.75) is 45.0 Å². The van der Waals surface area contributed by atoms with Gasteiger partial charge in [-0.05, 0) is 45.4 Å². The molecule has 118 valence electrons. The standard InChI is InChI=1S/C17H27NO3/c1-16(2)11-18(12-17(3,4)21-16)10-15(19)13-7-6-8-14(9-13)20-5/h6-9,15,19H,10-12H2,1-5H3. The molecule has 1 heterocycles. The van der Waals surface area contributed by atoms with Crippen molar-refractivity contribution in [2.75, 3.05) is 26.7 Å². The van der Waals surface area contributed by atoms with Gasteiger partial charge in [-0.25, -0.2) is 0 Å². The minimum absolute atomic E-state index is 0.199. The van der Waals surface area contributed by atoms with Crippen LogP contribution in [0, 0.1) is 0 Å². The molecule has 1 saturated heterocycles. The Morgan fingerprint density at radius 2 is 1.86 bits per heavy atom. The van der Waals surface area contributed by atoms with E-state index in [1.165, 1.54) is 0 Å². The van der Waals surface area contributed by atoms with E-state index in [1.54, 1.807) is 7.11 Å². The van der Waals surface area contributed by atoms with Crippen LogP contribution >= 0.6 is 0 Å². The van der Waals surface area contributed by atoms with Crippen LogP contribution in [0.3, 0.4) is 0 Å². The van der Waals surface area contributed by atoms with Gasteiger partial charge in [-0.3, -0.25) is 4.90 Å². The van der Waals surface area contributed by atoms with Gasteiger partial charge in [-0.1, -0.05) is 12.1 Å². The fourth-order valence-electron chi connectivity index (χ4n) is 3.27. The maximum Gasteiger partial charge on any atom is 0.119 e. The minimum Gasteiger partial charge on any atom is -0.497 e. The van der Waals surface area contributed by atoms with Crippen LogP contribution in [0.2, 0.25) is 0 Å². The Hall–Kier alpha value is -1.10. The summed E-state index contributed by atoms with van der Waals surface area (Å²) in [5.41, 5.74) is 0.488. The molecule has 0 saturated carbocycles. The van der Waals surface area contributed by atoms with E-state index in [2.05, 4.69) is 32.6 Å². The monoisotopic (exact) mass is 293 g/mol. The third-order valence-corrected chi connectivity index (χ3v) is 3.67. The van der Waals surface area contributed by atoms with Crippen LogP contribution in [0.25, 0.3) is 0 Å². The van der Waals surface area contributed by atoms with E-state index < -0.39 is 6.10 Å². The van der Waals surface area contributed by atoms with Crippen molar-refractivity contribution in [3.63, 3.8) is 0 Å². The summed E-state index contributed by atoms with van der Waals surface area (Å²) in [4.78, 5) is 2.27. The first-order valence-corrected chi connectivity index (χ1v) is 7.45. The molecule has 0 bridgehead atoms. The van der Waals surface area contributed by atoms with Crippen molar-refractivity contribution in [3.8, 4) is 5.75 Å². The van der Waals surface area contributed by atoms with Gasteiger partial charge in [0.25, 0.3) is 0 Å². The first-order valence-electron chi connectivity index (χ1n) is 7.45. The topological polar surface area (TPSA) is 41.9 Å². The predicted octanol–water partition coefficient (Wildman–Crippen LogP) is 2.62. The zero-order valence-electron chi connectivity index (χ0n) is 13.7. The number of benzene rings is 1. The van der Waals surface area contributed by atoms with E-state index >= 15 is 0 Å². The highest BCUT2D eigenvalue weighted by Crippen LogP contribution is 2.29. The number of hydrogen-bond donors (Lipinski definition) is 1. The second-order valence-corrected chi connectivity index (χ2v) is 7.08. The van der Waals surface area contributed by atoms with Gasteiger partial charge in [0, 0.05) is 19.6 Å². The Morgan fingerprint density at radius 1 is 1.24 bits per heavy atom. The molecule has 1 aliphatic rings. The van der Waals surface area contributed by atoms with Gasteiger partial charge in [0.05, 0.1) is 24.4 Å². The number of nitrogens with zero attached hydrogens (tertiary/aromatic N) is 1. The predicted molar refractivity (Wildman–Crippen MR) is 83.6 cm³/mol. The van der Waals surface area contributed by atoms with E-state index in [0.717, 1.165) is 24.4 Å². The Balaban J connectivity index is 2.06. The number of methoxy groups -OCH3 is 1. The molecule has 2 rings (SSSR count). The molecule has 1 fully saturated rings. The van der Waals surface area contributed by atoms with Gasteiger partial charge in [0.1, 0.15) is 5.75 Å². The zero-order valence-corrected chi connectivity index (χ0v) is 13.7. The molecule has 1 aromatic carbocycles. The average Bonchev–Trinajstić information content (AvgIpc) is 2.35. The van der Waals surface area contributed by atoms with Crippen LogP contribution in [0.15, 0.2) is 24.3 Å². The number of aliphatic hydroxyl groups excluding tert-OH is 1. The summed E-state index contributed by atoms with van der Waals surface area (Å²) >= 11 is 0. The van der Waals surface area contributed by atoms with E-state index in [9.17, 15) is 5.11 Å². The maximum atomic E-state index is 10.5. The van der Waals surface area contributed by atoms with E-state index in [0.29, 0.717) is 6.54 Å². The molecule has 1 atom stereocenters. The molecule has 0 radical (unpaired) electrons. The largest absolute Gasteiger partial charge is 0.497 e. The first-order chi connectivity index (χ1) is 9.71. The lowest BCUT2D eigenvalue weighted by Gasteiger charge is -2.47. The summed E-state index contributed by atoms with van der Waals surface area (Å²) in [5, 5.41) is 10.5. The number of β-amino-alcohol motifs (C(OH)–C–C–N with tert-alkyl or cyclic N) is 1. The molecular formula is C17H27NO3. The average molecular weight is 293 g/mol. The van der Waals surface area contributed by atoms with Crippen molar-refractivity contribution in [3.05, 3.63) is 29.8 Å². The van der Waals surface area contributed by atoms with E-state index in [1.807, 2.05) is 24.3 Å². The van der Waals surface area contributed by atoms with Gasteiger partial charge in [0.15, 0.2) is 0 Å². The van der Waals surface area contributed by atoms with Crippen LogP contribution in [0.4, 0.5) is 0 Å². The maximum absolute atomic E-state index is 10.5. The lowest BCUT2D eigenvalue weighted by molar-refractivity contribution is -0.183. The molecule has 1 aliphatic heterocycles. The SMILES string of the molecule is COc1cccc(C(O)CN2CC(C)(C)OC(C)(C)C2)c1. The molecular weight excluding hydrogens is 266 g/mol. The number of rotatable bonds is 4. The first kappa shape index (κ1) is 16.3. The Labute approximate surface area is 127 Å². The number of aliphatic hydroxyl groups is 1. The zero-order chi connectivity index (χ0) is 15.7. The molecule has 0 amide bonds. The summed E-state index contributed by atoms with van der Waals surface area (Å²) in [6.07, 6.45) is -0.523. The van der Waals surface area contributed by atoms with Crippen molar-refractivity contribution >= 4 is 0 Å². The van der Waals surface area contributed by atoms with Crippen LogP contribution in [-0.2, 0) is 4.74 Å². The molecule has 21 heavy (non-hydrogen) atoms. The molecule has 0 aliphatic carbocycles. The van der Waals surface area contributed by atoms with Crippen molar-refractivity contribution in [2.24, 2.45) is 0 Å². The Bertz CT molecular complexity index is 469. The summed E-state index contributed by atoms with van der Waals surface area (Å²) in [5.74, 6) is 0.772. The quantitative estimate of drug-likeness (QED) is 0.926. The van der Waals surface area contributed by atoms with Crippen molar-refractivity contribution in [1.29, 1.82) is 0 Å². The third-order valence-electron chi connectivity index (χ3n) is 3.67. The summed E-state index contributed by atoms with van der Waals surface area (Å²) in [6.45, 7) is 10.6. The minimum atomic E-state index is -0.523. The second-order valence-electron chi connectivity index (χ2n) is 7.08. The van der Waals surface area contributed by atoms with Crippen LogP contribution in [-0.4, -0.2) is 48.0 Å². The van der Waals surface area contributed by atoms with Gasteiger partial charge in [-0.15, -0.1) is 0 Å².